The SMILES string of the molecule is Cc1cc(C)cc(Cc2ccc3c(c2)C=NCC3)c1. The molecule has 0 unspecified atom stereocenters. The quantitative estimate of drug-likeness (QED) is 0.766. The van der Waals surface area contributed by atoms with Gasteiger partial charge in [0.1, 0.15) is 0 Å². The van der Waals surface area contributed by atoms with Gasteiger partial charge in [0, 0.05) is 12.8 Å². The Morgan fingerprint density at radius 1 is 0.947 bits per heavy atom. The Labute approximate surface area is 115 Å². The van der Waals surface area contributed by atoms with Crippen LogP contribution in [0.4, 0.5) is 0 Å². The number of aliphatic imine (C=N–C) groups is 1. The Hall–Kier alpha value is -1.89. The van der Waals surface area contributed by atoms with Crippen LogP contribution in [0.3, 0.4) is 0 Å². The van der Waals surface area contributed by atoms with E-state index < -0.39 is 0 Å². The van der Waals surface area contributed by atoms with Gasteiger partial charge in [-0.2, -0.15) is 0 Å². The average Bonchev–Trinajstić information content (AvgIpc) is 2.37. The monoisotopic (exact) mass is 249 g/mol. The van der Waals surface area contributed by atoms with Crippen molar-refractivity contribution in [1.29, 1.82) is 0 Å². The molecular formula is C18H19N. The lowest BCUT2D eigenvalue weighted by Gasteiger charge is -2.12. The molecule has 1 heteroatoms. The number of hydrogen-bond acceptors (Lipinski definition) is 1. The smallest absolute Gasteiger partial charge is 0.0430 e. The summed E-state index contributed by atoms with van der Waals surface area (Å²) in [5.41, 5.74) is 8.18. The van der Waals surface area contributed by atoms with E-state index >= 15 is 0 Å². The van der Waals surface area contributed by atoms with E-state index in [9.17, 15) is 0 Å². The maximum absolute atomic E-state index is 4.37. The highest BCUT2D eigenvalue weighted by Crippen LogP contribution is 2.18. The van der Waals surface area contributed by atoms with Gasteiger partial charge in [-0.25, -0.2) is 0 Å². The molecule has 1 aliphatic rings. The summed E-state index contributed by atoms with van der Waals surface area (Å²) in [4.78, 5) is 4.37. The summed E-state index contributed by atoms with van der Waals surface area (Å²) in [6.07, 6.45) is 4.10. The molecule has 0 radical (unpaired) electrons. The van der Waals surface area contributed by atoms with E-state index in [-0.39, 0.29) is 0 Å². The molecule has 1 nitrogen and oxygen atoms in total. The summed E-state index contributed by atoms with van der Waals surface area (Å²) in [5, 5.41) is 0. The van der Waals surface area contributed by atoms with Crippen LogP contribution in [0, 0.1) is 13.8 Å². The molecule has 2 aromatic carbocycles. The third-order valence-corrected chi connectivity index (χ3v) is 3.64. The van der Waals surface area contributed by atoms with Gasteiger partial charge in [-0.3, -0.25) is 4.99 Å². The molecule has 0 saturated carbocycles. The Kier molecular flexibility index (Phi) is 3.20. The minimum atomic E-state index is 0.934. The first-order valence-corrected chi connectivity index (χ1v) is 6.89. The van der Waals surface area contributed by atoms with Crippen LogP contribution in [0.2, 0.25) is 0 Å². The fraction of sp³-hybridized carbons (Fsp3) is 0.278. The molecule has 0 amide bonds. The van der Waals surface area contributed by atoms with Gasteiger partial charge in [0.15, 0.2) is 0 Å². The normalized spacial score (nSPS) is 13.4. The van der Waals surface area contributed by atoms with Gasteiger partial charge in [0.25, 0.3) is 0 Å². The van der Waals surface area contributed by atoms with E-state index in [2.05, 4.69) is 55.2 Å². The lowest BCUT2D eigenvalue weighted by molar-refractivity contribution is 0.949. The molecule has 0 saturated heterocycles. The zero-order valence-corrected chi connectivity index (χ0v) is 11.6. The molecule has 3 rings (SSSR count). The number of nitrogens with zero attached hydrogens (tertiary/aromatic N) is 1. The number of aryl methyl sites for hydroxylation is 2. The third-order valence-electron chi connectivity index (χ3n) is 3.64. The van der Waals surface area contributed by atoms with Crippen molar-refractivity contribution in [2.45, 2.75) is 26.7 Å². The first-order chi connectivity index (χ1) is 9.20. The molecule has 0 atom stereocenters. The minimum Gasteiger partial charge on any atom is -0.292 e. The summed E-state index contributed by atoms with van der Waals surface area (Å²) in [7, 11) is 0. The van der Waals surface area contributed by atoms with Crippen LogP contribution in [0.25, 0.3) is 0 Å². The van der Waals surface area contributed by atoms with Crippen molar-refractivity contribution in [3.05, 3.63) is 69.8 Å². The molecule has 0 aliphatic carbocycles. The van der Waals surface area contributed by atoms with Gasteiger partial charge in [-0.05, 0) is 55.0 Å². The average molecular weight is 249 g/mol. The highest BCUT2D eigenvalue weighted by molar-refractivity contribution is 5.83. The molecular weight excluding hydrogens is 230 g/mol. The molecule has 0 aromatic heterocycles. The Balaban J connectivity index is 1.89. The number of rotatable bonds is 2. The molecule has 0 fully saturated rings. The Morgan fingerprint density at radius 3 is 2.53 bits per heavy atom. The van der Waals surface area contributed by atoms with Crippen LogP contribution in [0.15, 0.2) is 41.4 Å². The third kappa shape index (κ3) is 2.76. The van der Waals surface area contributed by atoms with Crippen LogP contribution in [0.1, 0.15) is 33.4 Å². The second-order valence-electron chi connectivity index (χ2n) is 5.49. The first kappa shape index (κ1) is 12.2. The van der Waals surface area contributed by atoms with E-state index in [1.807, 2.05) is 6.21 Å². The largest absolute Gasteiger partial charge is 0.292 e. The summed E-state index contributed by atoms with van der Waals surface area (Å²) in [6, 6.07) is 13.6. The minimum absolute atomic E-state index is 0.934. The summed E-state index contributed by atoms with van der Waals surface area (Å²) < 4.78 is 0. The highest BCUT2D eigenvalue weighted by Gasteiger charge is 2.06. The van der Waals surface area contributed by atoms with Crippen molar-refractivity contribution in [3.8, 4) is 0 Å². The van der Waals surface area contributed by atoms with Gasteiger partial charge >= 0.3 is 0 Å². The predicted molar refractivity (Wildman–Crippen MR) is 81.3 cm³/mol. The Bertz CT molecular complexity index is 618. The van der Waals surface area contributed by atoms with Crippen molar-refractivity contribution in [2.75, 3.05) is 6.54 Å². The molecule has 2 aromatic rings. The van der Waals surface area contributed by atoms with E-state index in [4.69, 9.17) is 0 Å². The maximum Gasteiger partial charge on any atom is 0.0430 e. The zero-order chi connectivity index (χ0) is 13.2. The fourth-order valence-electron chi connectivity index (χ4n) is 2.86. The van der Waals surface area contributed by atoms with Crippen molar-refractivity contribution in [1.82, 2.24) is 0 Å². The molecule has 0 N–H and O–H groups in total. The van der Waals surface area contributed by atoms with E-state index in [1.165, 1.54) is 33.4 Å². The van der Waals surface area contributed by atoms with Crippen molar-refractivity contribution < 1.29 is 0 Å². The summed E-state index contributed by atoms with van der Waals surface area (Å²) in [5.74, 6) is 0. The zero-order valence-electron chi connectivity index (χ0n) is 11.6. The van der Waals surface area contributed by atoms with E-state index in [1.54, 1.807) is 0 Å². The van der Waals surface area contributed by atoms with Crippen LogP contribution in [-0.4, -0.2) is 12.8 Å². The van der Waals surface area contributed by atoms with Crippen molar-refractivity contribution in [2.24, 2.45) is 4.99 Å². The van der Waals surface area contributed by atoms with E-state index in [0.717, 1.165) is 19.4 Å². The fourth-order valence-corrected chi connectivity index (χ4v) is 2.86. The Morgan fingerprint density at radius 2 is 1.74 bits per heavy atom. The van der Waals surface area contributed by atoms with Gasteiger partial charge in [0.05, 0.1) is 0 Å². The van der Waals surface area contributed by atoms with E-state index in [0.29, 0.717) is 0 Å². The topological polar surface area (TPSA) is 12.4 Å². The number of hydrogen-bond donors (Lipinski definition) is 0. The molecule has 1 aliphatic heterocycles. The molecule has 0 bridgehead atoms. The van der Waals surface area contributed by atoms with Crippen molar-refractivity contribution in [3.63, 3.8) is 0 Å². The number of fused-ring (bicyclic) bond motifs is 1. The van der Waals surface area contributed by atoms with Crippen LogP contribution in [-0.2, 0) is 12.8 Å². The predicted octanol–water partition coefficient (Wildman–Crippen LogP) is 3.87. The molecule has 1 heterocycles. The second-order valence-corrected chi connectivity index (χ2v) is 5.49. The molecule has 96 valence electrons. The summed E-state index contributed by atoms with van der Waals surface area (Å²) in [6.45, 7) is 5.26. The van der Waals surface area contributed by atoms with Gasteiger partial charge in [-0.1, -0.05) is 41.5 Å². The van der Waals surface area contributed by atoms with Crippen LogP contribution in [0.5, 0.6) is 0 Å². The van der Waals surface area contributed by atoms with Crippen molar-refractivity contribution >= 4 is 6.21 Å². The second kappa shape index (κ2) is 5.00. The first-order valence-electron chi connectivity index (χ1n) is 6.89. The number of benzene rings is 2. The standard InChI is InChI=1S/C18H19N/c1-13-7-14(2)9-16(8-13)10-15-3-4-17-5-6-19-12-18(17)11-15/h3-4,7-9,11-12H,5-6,10H2,1-2H3. The highest BCUT2D eigenvalue weighted by atomic mass is 14.7. The van der Waals surface area contributed by atoms with Gasteiger partial charge < -0.3 is 0 Å². The van der Waals surface area contributed by atoms with Crippen LogP contribution >= 0.6 is 0 Å². The summed E-state index contributed by atoms with van der Waals surface area (Å²) >= 11 is 0. The maximum atomic E-state index is 4.37. The van der Waals surface area contributed by atoms with Gasteiger partial charge in [0.2, 0.25) is 0 Å². The molecule has 0 spiro atoms. The van der Waals surface area contributed by atoms with Crippen LogP contribution < -0.4 is 0 Å². The lowest BCUT2D eigenvalue weighted by Crippen LogP contribution is -2.03. The van der Waals surface area contributed by atoms with Gasteiger partial charge in [-0.15, -0.1) is 0 Å². The lowest BCUT2D eigenvalue weighted by atomic mass is 9.96. The molecule has 19 heavy (non-hydrogen) atoms.